The van der Waals surface area contributed by atoms with Gasteiger partial charge in [0.1, 0.15) is 11.3 Å². The van der Waals surface area contributed by atoms with Crippen LogP contribution in [0.25, 0.3) is 117 Å². The van der Waals surface area contributed by atoms with E-state index in [0.29, 0.717) is 17.5 Å². The lowest BCUT2D eigenvalue weighted by Gasteiger charge is -2.13. The highest BCUT2D eigenvalue weighted by atomic mass is 16.3. The lowest BCUT2D eigenvalue weighted by atomic mass is 9.93. The summed E-state index contributed by atoms with van der Waals surface area (Å²) in [6.07, 6.45) is 0. The second-order valence-corrected chi connectivity index (χ2v) is 14.4. The van der Waals surface area contributed by atoms with Gasteiger partial charge in [0.15, 0.2) is 17.5 Å². The van der Waals surface area contributed by atoms with Crippen LogP contribution in [0.15, 0.2) is 186 Å². The van der Waals surface area contributed by atoms with Crippen molar-refractivity contribution in [3.8, 4) is 73.4 Å². The maximum absolute atomic E-state index is 6.77. The number of hydrogen-bond donors (Lipinski definition) is 0. The van der Waals surface area contributed by atoms with Crippen LogP contribution in [0, 0.1) is 0 Å². The van der Waals surface area contributed by atoms with Crippen molar-refractivity contribution < 1.29 is 4.42 Å². The normalized spacial score (nSPS) is 11.9. The van der Waals surface area contributed by atoms with E-state index in [9.17, 15) is 0 Å². The number of aromatic nitrogens is 4. The molecular weight excluding hydrogens is 685 g/mol. The van der Waals surface area contributed by atoms with E-state index in [-0.39, 0.29) is 0 Å². The van der Waals surface area contributed by atoms with E-state index in [4.69, 9.17) is 19.4 Å². The van der Waals surface area contributed by atoms with Gasteiger partial charge >= 0.3 is 0 Å². The minimum atomic E-state index is 0.627. The van der Waals surface area contributed by atoms with Crippen molar-refractivity contribution in [1.82, 2.24) is 19.5 Å². The Balaban J connectivity index is 1.05. The van der Waals surface area contributed by atoms with Crippen molar-refractivity contribution in [1.29, 1.82) is 0 Å². The van der Waals surface area contributed by atoms with Gasteiger partial charge in [-0.3, -0.25) is 0 Å². The smallest absolute Gasteiger partial charge is 0.164 e. The Morgan fingerprint density at radius 2 is 0.964 bits per heavy atom. The fourth-order valence-corrected chi connectivity index (χ4v) is 8.67. The monoisotopic (exact) mass is 714 g/mol. The largest absolute Gasteiger partial charge is 0.455 e. The van der Waals surface area contributed by atoms with Gasteiger partial charge in [-0.15, -0.1) is 0 Å². The molecule has 0 aliphatic heterocycles. The topological polar surface area (TPSA) is 56.7 Å². The molecule has 12 rings (SSSR count). The van der Waals surface area contributed by atoms with Gasteiger partial charge in [-0.2, -0.15) is 0 Å². The molecule has 11 aromatic rings. The molecule has 3 aromatic heterocycles. The average Bonchev–Trinajstić information content (AvgIpc) is 3.79. The van der Waals surface area contributed by atoms with E-state index in [0.717, 1.165) is 66.7 Å². The quantitative estimate of drug-likeness (QED) is 0.178. The highest BCUT2D eigenvalue weighted by molar-refractivity contribution is 6.31. The first-order valence-corrected chi connectivity index (χ1v) is 18.9. The summed E-state index contributed by atoms with van der Waals surface area (Å²) in [7, 11) is 0. The number of hydrogen-bond acceptors (Lipinski definition) is 4. The summed E-state index contributed by atoms with van der Waals surface area (Å²) < 4.78 is 9.16. The van der Waals surface area contributed by atoms with Gasteiger partial charge in [0, 0.05) is 49.7 Å². The highest BCUT2D eigenvalue weighted by Gasteiger charge is 2.29. The summed E-state index contributed by atoms with van der Waals surface area (Å²) in [4.78, 5) is 15.1. The van der Waals surface area contributed by atoms with E-state index in [1.165, 1.54) is 32.8 Å². The average molecular weight is 715 g/mol. The molecule has 56 heavy (non-hydrogen) atoms. The van der Waals surface area contributed by atoms with E-state index >= 15 is 0 Å². The maximum atomic E-state index is 6.77. The zero-order valence-corrected chi connectivity index (χ0v) is 30.0. The SMILES string of the molecule is c1ccc(-c2nc(-c3ccc(-n4c5cccc6c5c5c7c(c(-c8ccccc8)oc7ccc54)-c4ccccc4-6)cc3)nc(-c3ccc4ccccc4c3)n2)cc1. The van der Waals surface area contributed by atoms with Crippen LogP contribution in [0.4, 0.5) is 0 Å². The predicted molar refractivity (Wildman–Crippen MR) is 228 cm³/mol. The number of rotatable bonds is 5. The minimum Gasteiger partial charge on any atom is -0.455 e. The summed E-state index contributed by atoms with van der Waals surface area (Å²) in [5, 5.41) is 5.91. The van der Waals surface area contributed by atoms with Crippen molar-refractivity contribution >= 4 is 43.5 Å². The van der Waals surface area contributed by atoms with Gasteiger partial charge in [-0.05, 0) is 76.0 Å². The van der Waals surface area contributed by atoms with Crippen LogP contribution in [-0.2, 0) is 0 Å². The lowest BCUT2D eigenvalue weighted by Crippen LogP contribution is -2.00. The third-order valence-electron chi connectivity index (χ3n) is 11.2. The molecule has 5 heteroatoms. The molecule has 0 saturated carbocycles. The summed E-state index contributed by atoms with van der Waals surface area (Å²) in [6.45, 7) is 0. The molecule has 0 unspecified atom stereocenters. The number of fused-ring (bicyclic) bond motifs is 4. The molecular formula is C51H30N4O. The van der Waals surface area contributed by atoms with Crippen molar-refractivity contribution in [3.63, 3.8) is 0 Å². The Morgan fingerprint density at radius 1 is 0.375 bits per heavy atom. The summed E-state index contributed by atoms with van der Waals surface area (Å²) in [6, 6.07) is 63.7. The molecule has 0 fully saturated rings. The van der Waals surface area contributed by atoms with E-state index in [1.807, 2.05) is 36.4 Å². The molecule has 0 saturated heterocycles. The number of benzene rings is 8. The van der Waals surface area contributed by atoms with Crippen LogP contribution >= 0.6 is 0 Å². The molecule has 0 radical (unpaired) electrons. The van der Waals surface area contributed by atoms with E-state index < -0.39 is 0 Å². The second kappa shape index (κ2) is 11.9. The van der Waals surface area contributed by atoms with Crippen LogP contribution in [0.3, 0.4) is 0 Å². The van der Waals surface area contributed by atoms with Gasteiger partial charge in [0.05, 0.1) is 11.0 Å². The molecule has 5 nitrogen and oxygen atoms in total. The standard InChI is InChI=1S/C51H30N4O/c1-3-13-32(14-4-1)48-45-40-19-10-9-18-38(40)39-20-11-21-41-44(39)46-42(28-29-43(56-48)47(45)46)55(41)37-26-24-34(25-27-37)50-52-49(33-15-5-2-6-16-33)53-51(54-50)36-23-22-31-12-7-8-17-35(31)30-36/h1-30H. The van der Waals surface area contributed by atoms with Crippen molar-refractivity contribution in [2.45, 2.75) is 0 Å². The first-order valence-electron chi connectivity index (χ1n) is 18.9. The summed E-state index contributed by atoms with van der Waals surface area (Å²) in [5.41, 5.74) is 12.9. The predicted octanol–water partition coefficient (Wildman–Crippen LogP) is 13.2. The zero-order chi connectivity index (χ0) is 36.7. The fourth-order valence-electron chi connectivity index (χ4n) is 8.67. The molecule has 1 aliphatic rings. The Kier molecular flexibility index (Phi) is 6.56. The third-order valence-corrected chi connectivity index (χ3v) is 11.2. The fraction of sp³-hybridized carbons (Fsp3) is 0. The van der Waals surface area contributed by atoms with Crippen LogP contribution in [0.5, 0.6) is 0 Å². The lowest BCUT2D eigenvalue weighted by molar-refractivity contribution is 0.632. The summed E-state index contributed by atoms with van der Waals surface area (Å²) >= 11 is 0. The summed E-state index contributed by atoms with van der Waals surface area (Å²) in [5.74, 6) is 2.81. The molecule has 1 aliphatic carbocycles. The Bertz CT molecular complexity index is 3340. The van der Waals surface area contributed by atoms with Crippen LogP contribution in [0.2, 0.25) is 0 Å². The maximum Gasteiger partial charge on any atom is 0.164 e. The molecule has 3 heterocycles. The molecule has 0 bridgehead atoms. The number of furan rings is 1. The molecule has 0 amide bonds. The first-order chi connectivity index (χ1) is 27.8. The number of nitrogens with zero attached hydrogens (tertiary/aromatic N) is 4. The first kappa shape index (κ1) is 30.8. The molecule has 8 aromatic carbocycles. The van der Waals surface area contributed by atoms with Crippen LogP contribution in [0.1, 0.15) is 0 Å². The van der Waals surface area contributed by atoms with Crippen molar-refractivity contribution in [2.75, 3.05) is 0 Å². The van der Waals surface area contributed by atoms with Crippen LogP contribution in [-0.4, -0.2) is 19.5 Å². The third kappa shape index (κ3) is 4.58. The van der Waals surface area contributed by atoms with E-state index in [1.54, 1.807) is 0 Å². The Hall–Kier alpha value is -7.63. The van der Waals surface area contributed by atoms with Crippen molar-refractivity contribution in [2.24, 2.45) is 0 Å². The van der Waals surface area contributed by atoms with Gasteiger partial charge in [0.2, 0.25) is 0 Å². The van der Waals surface area contributed by atoms with Crippen molar-refractivity contribution in [3.05, 3.63) is 182 Å². The van der Waals surface area contributed by atoms with Gasteiger partial charge in [0.25, 0.3) is 0 Å². The molecule has 0 spiro atoms. The highest BCUT2D eigenvalue weighted by Crippen LogP contribution is 2.53. The minimum absolute atomic E-state index is 0.627. The van der Waals surface area contributed by atoms with Crippen LogP contribution < -0.4 is 0 Å². The van der Waals surface area contributed by atoms with Gasteiger partial charge in [-0.25, -0.2) is 15.0 Å². The van der Waals surface area contributed by atoms with E-state index in [2.05, 4.69) is 150 Å². The van der Waals surface area contributed by atoms with Gasteiger partial charge < -0.3 is 8.98 Å². The Labute approximate surface area is 321 Å². The second-order valence-electron chi connectivity index (χ2n) is 14.4. The molecule has 260 valence electrons. The van der Waals surface area contributed by atoms with Gasteiger partial charge in [-0.1, -0.05) is 133 Å². The molecule has 0 N–H and O–H groups in total. The molecule has 0 atom stereocenters. The Morgan fingerprint density at radius 3 is 1.73 bits per heavy atom. The zero-order valence-electron chi connectivity index (χ0n) is 30.0.